The average Bonchev–Trinajstić information content (AvgIpc) is 2.11. The van der Waals surface area contributed by atoms with E-state index in [9.17, 15) is 0 Å². The Hall–Kier alpha value is -0.0800. The lowest BCUT2D eigenvalue weighted by Crippen LogP contribution is -2.33. The van der Waals surface area contributed by atoms with Crippen molar-refractivity contribution < 1.29 is 0 Å². The Morgan fingerprint density at radius 1 is 1.15 bits per heavy atom. The van der Waals surface area contributed by atoms with E-state index in [1.807, 2.05) is 0 Å². The molecule has 2 heteroatoms. The van der Waals surface area contributed by atoms with Crippen LogP contribution in [-0.4, -0.2) is 19.6 Å². The highest BCUT2D eigenvalue weighted by atomic mass is 14.9. The normalized spacial score (nSPS) is 16.2. The summed E-state index contributed by atoms with van der Waals surface area (Å²) in [6.45, 7) is 12.0. The van der Waals surface area contributed by atoms with Gasteiger partial charge in [0.25, 0.3) is 0 Å². The van der Waals surface area contributed by atoms with Crippen molar-refractivity contribution in [1.82, 2.24) is 5.32 Å². The third-order valence-electron chi connectivity index (χ3n) is 2.84. The Morgan fingerprint density at radius 2 is 1.77 bits per heavy atom. The summed E-state index contributed by atoms with van der Waals surface area (Å²) in [6, 6.07) is 0. The molecule has 13 heavy (non-hydrogen) atoms. The largest absolute Gasteiger partial charge is 0.330 e. The summed E-state index contributed by atoms with van der Waals surface area (Å²) in [6.07, 6.45) is 1.25. The predicted octanol–water partition coefficient (Wildman–Crippen LogP) is 1.85. The van der Waals surface area contributed by atoms with Gasteiger partial charge in [-0.1, -0.05) is 34.1 Å². The molecule has 0 spiro atoms. The van der Waals surface area contributed by atoms with E-state index in [4.69, 9.17) is 5.73 Å². The van der Waals surface area contributed by atoms with Gasteiger partial charge in [-0.2, -0.15) is 0 Å². The fourth-order valence-electron chi connectivity index (χ4n) is 1.25. The Kier molecular flexibility index (Phi) is 7.29. The molecule has 0 rings (SSSR count). The second-order valence-corrected chi connectivity index (χ2v) is 4.41. The van der Waals surface area contributed by atoms with Gasteiger partial charge in [0.1, 0.15) is 0 Å². The Labute approximate surface area is 83.3 Å². The highest BCUT2D eigenvalue weighted by molar-refractivity contribution is 4.67. The SMILES string of the molecule is CCC(C)CNCC(CN)C(C)C. The topological polar surface area (TPSA) is 38.0 Å². The Morgan fingerprint density at radius 3 is 2.15 bits per heavy atom. The maximum Gasteiger partial charge on any atom is -0.000589 e. The van der Waals surface area contributed by atoms with Crippen molar-refractivity contribution in [2.45, 2.75) is 34.1 Å². The maximum absolute atomic E-state index is 5.68. The van der Waals surface area contributed by atoms with Crippen LogP contribution in [0.25, 0.3) is 0 Å². The van der Waals surface area contributed by atoms with Crippen molar-refractivity contribution >= 4 is 0 Å². The molecule has 0 heterocycles. The third kappa shape index (κ3) is 6.05. The van der Waals surface area contributed by atoms with Crippen LogP contribution in [0.15, 0.2) is 0 Å². The van der Waals surface area contributed by atoms with E-state index in [0.717, 1.165) is 25.6 Å². The molecule has 0 aliphatic carbocycles. The van der Waals surface area contributed by atoms with Gasteiger partial charge >= 0.3 is 0 Å². The zero-order valence-electron chi connectivity index (χ0n) is 9.64. The fourth-order valence-corrected chi connectivity index (χ4v) is 1.25. The quantitative estimate of drug-likeness (QED) is 0.637. The van der Waals surface area contributed by atoms with E-state index in [1.165, 1.54) is 6.42 Å². The van der Waals surface area contributed by atoms with E-state index in [1.54, 1.807) is 0 Å². The van der Waals surface area contributed by atoms with E-state index in [0.29, 0.717) is 11.8 Å². The lowest BCUT2D eigenvalue weighted by molar-refractivity contribution is 0.357. The van der Waals surface area contributed by atoms with Crippen LogP contribution in [0.4, 0.5) is 0 Å². The van der Waals surface area contributed by atoms with Crippen LogP contribution in [0.1, 0.15) is 34.1 Å². The minimum absolute atomic E-state index is 0.629. The van der Waals surface area contributed by atoms with Crippen molar-refractivity contribution in [3.05, 3.63) is 0 Å². The average molecular weight is 186 g/mol. The van der Waals surface area contributed by atoms with Crippen molar-refractivity contribution in [3.8, 4) is 0 Å². The summed E-state index contributed by atoms with van der Waals surface area (Å²) < 4.78 is 0. The molecule has 0 saturated heterocycles. The maximum atomic E-state index is 5.68. The van der Waals surface area contributed by atoms with E-state index < -0.39 is 0 Å². The van der Waals surface area contributed by atoms with Crippen molar-refractivity contribution in [2.24, 2.45) is 23.5 Å². The molecule has 2 nitrogen and oxygen atoms in total. The standard InChI is InChI=1S/C11H26N2/c1-5-10(4)7-13-8-11(6-12)9(2)3/h9-11,13H,5-8,12H2,1-4H3. The first kappa shape index (κ1) is 12.9. The van der Waals surface area contributed by atoms with Gasteiger partial charge in [0, 0.05) is 0 Å². The Balaban J connectivity index is 3.49. The van der Waals surface area contributed by atoms with Gasteiger partial charge in [0.15, 0.2) is 0 Å². The van der Waals surface area contributed by atoms with Gasteiger partial charge < -0.3 is 11.1 Å². The molecule has 2 atom stereocenters. The van der Waals surface area contributed by atoms with Gasteiger partial charge in [-0.3, -0.25) is 0 Å². The molecular weight excluding hydrogens is 160 g/mol. The fraction of sp³-hybridized carbons (Fsp3) is 1.00. The molecule has 0 radical (unpaired) electrons. The lowest BCUT2D eigenvalue weighted by atomic mass is 9.96. The van der Waals surface area contributed by atoms with Crippen LogP contribution in [0.5, 0.6) is 0 Å². The van der Waals surface area contributed by atoms with E-state index in [2.05, 4.69) is 33.0 Å². The van der Waals surface area contributed by atoms with Gasteiger partial charge in [-0.25, -0.2) is 0 Å². The molecule has 0 aromatic rings. The van der Waals surface area contributed by atoms with Gasteiger partial charge in [-0.15, -0.1) is 0 Å². The number of hydrogen-bond donors (Lipinski definition) is 2. The molecule has 0 aromatic carbocycles. The molecule has 0 aromatic heterocycles. The minimum atomic E-state index is 0.629. The zero-order chi connectivity index (χ0) is 10.3. The second kappa shape index (κ2) is 7.34. The van der Waals surface area contributed by atoms with Crippen LogP contribution in [0.3, 0.4) is 0 Å². The zero-order valence-corrected chi connectivity index (χ0v) is 9.64. The summed E-state index contributed by atoms with van der Waals surface area (Å²) >= 11 is 0. The van der Waals surface area contributed by atoms with Crippen molar-refractivity contribution in [1.29, 1.82) is 0 Å². The molecule has 2 unspecified atom stereocenters. The van der Waals surface area contributed by atoms with Crippen LogP contribution in [0.2, 0.25) is 0 Å². The van der Waals surface area contributed by atoms with Gasteiger partial charge in [0.2, 0.25) is 0 Å². The summed E-state index contributed by atoms with van der Waals surface area (Å²) in [5, 5.41) is 3.49. The molecule has 0 saturated carbocycles. The number of hydrogen-bond acceptors (Lipinski definition) is 2. The molecule has 0 bridgehead atoms. The van der Waals surface area contributed by atoms with Crippen LogP contribution < -0.4 is 11.1 Å². The highest BCUT2D eigenvalue weighted by Gasteiger charge is 2.10. The van der Waals surface area contributed by atoms with Gasteiger partial charge in [-0.05, 0) is 37.4 Å². The van der Waals surface area contributed by atoms with E-state index in [-0.39, 0.29) is 0 Å². The third-order valence-corrected chi connectivity index (χ3v) is 2.84. The van der Waals surface area contributed by atoms with Crippen molar-refractivity contribution in [3.63, 3.8) is 0 Å². The first-order chi connectivity index (χ1) is 6.11. The number of rotatable bonds is 7. The van der Waals surface area contributed by atoms with Gasteiger partial charge in [0.05, 0.1) is 0 Å². The molecule has 0 amide bonds. The molecule has 0 aliphatic rings. The number of nitrogens with two attached hydrogens (primary N) is 1. The lowest BCUT2D eigenvalue weighted by Gasteiger charge is -2.20. The summed E-state index contributed by atoms with van der Waals surface area (Å²) in [5.41, 5.74) is 5.68. The smallest absolute Gasteiger partial charge is 0.000589 e. The molecule has 0 aliphatic heterocycles. The molecular formula is C11H26N2. The van der Waals surface area contributed by atoms with Crippen LogP contribution in [-0.2, 0) is 0 Å². The first-order valence-electron chi connectivity index (χ1n) is 5.52. The Bertz CT molecular complexity index is 113. The minimum Gasteiger partial charge on any atom is -0.330 e. The summed E-state index contributed by atoms with van der Waals surface area (Å²) in [5.74, 6) is 2.10. The summed E-state index contributed by atoms with van der Waals surface area (Å²) in [4.78, 5) is 0. The molecule has 80 valence electrons. The van der Waals surface area contributed by atoms with E-state index >= 15 is 0 Å². The van der Waals surface area contributed by atoms with Crippen molar-refractivity contribution in [2.75, 3.05) is 19.6 Å². The first-order valence-corrected chi connectivity index (χ1v) is 5.52. The predicted molar refractivity (Wildman–Crippen MR) is 59.7 cm³/mol. The second-order valence-electron chi connectivity index (χ2n) is 4.41. The van der Waals surface area contributed by atoms with Crippen LogP contribution >= 0.6 is 0 Å². The summed E-state index contributed by atoms with van der Waals surface area (Å²) in [7, 11) is 0. The monoisotopic (exact) mass is 186 g/mol. The molecule has 0 fully saturated rings. The highest BCUT2D eigenvalue weighted by Crippen LogP contribution is 2.07. The number of nitrogens with one attached hydrogen (secondary N) is 1. The molecule has 3 N–H and O–H groups in total. The van der Waals surface area contributed by atoms with Crippen LogP contribution in [0, 0.1) is 17.8 Å².